The fourth-order valence-electron chi connectivity index (χ4n) is 5.03. The van der Waals surface area contributed by atoms with Crippen LogP contribution in [0.3, 0.4) is 0 Å². The summed E-state index contributed by atoms with van der Waals surface area (Å²) in [4.78, 5) is 19.1. The average Bonchev–Trinajstić information content (AvgIpc) is 3.04. The van der Waals surface area contributed by atoms with E-state index in [1.807, 2.05) is 36.4 Å². The van der Waals surface area contributed by atoms with Crippen molar-refractivity contribution in [1.82, 2.24) is 19.9 Å². The Hall–Kier alpha value is -3.31. The molecule has 1 fully saturated rings. The van der Waals surface area contributed by atoms with Crippen molar-refractivity contribution in [3.05, 3.63) is 100 Å². The van der Waals surface area contributed by atoms with Gasteiger partial charge in [0.1, 0.15) is 0 Å². The lowest BCUT2D eigenvalue weighted by atomic mass is 9.96. The van der Waals surface area contributed by atoms with Crippen LogP contribution in [0.5, 0.6) is 0 Å². The lowest BCUT2D eigenvalue weighted by Crippen LogP contribution is -2.48. The molecule has 1 saturated heterocycles. The van der Waals surface area contributed by atoms with E-state index < -0.39 is 0 Å². The van der Waals surface area contributed by atoms with E-state index in [0.717, 1.165) is 36.8 Å². The summed E-state index contributed by atoms with van der Waals surface area (Å²) in [6, 6.07) is 26.4. The first-order valence-corrected chi connectivity index (χ1v) is 15.3. The number of anilines is 2. The predicted molar refractivity (Wildman–Crippen MR) is 173 cm³/mol. The Kier molecular flexibility index (Phi) is 11.5. The SMILES string of the molecule is NCCOCCOCCNc1nc(-c2ccc(Cl)cc2)nc(N2CCN(C(c3ccccc3)c3ccc(Cl)cc3)CC2)n1. The van der Waals surface area contributed by atoms with Gasteiger partial charge in [0.15, 0.2) is 5.82 Å². The fourth-order valence-corrected chi connectivity index (χ4v) is 5.28. The molecule has 11 heteroatoms. The van der Waals surface area contributed by atoms with Gasteiger partial charge in [-0.3, -0.25) is 4.90 Å². The van der Waals surface area contributed by atoms with Crippen molar-refractivity contribution in [2.45, 2.75) is 6.04 Å². The highest BCUT2D eigenvalue weighted by Gasteiger charge is 2.28. The topological polar surface area (TPSA) is 102 Å². The lowest BCUT2D eigenvalue weighted by molar-refractivity contribution is 0.0547. The molecule has 1 aliphatic rings. The number of aromatic nitrogens is 3. The quantitative estimate of drug-likeness (QED) is 0.185. The molecule has 1 unspecified atom stereocenters. The fraction of sp³-hybridized carbons (Fsp3) is 0.344. The van der Waals surface area contributed by atoms with Crippen LogP contribution in [0.25, 0.3) is 11.4 Å². The average molecular weight is 623 g/mol. The van der Waals surface area contributed by atoms with Crippen LogP contribution in [-0.2, 0) is 9.47 Å². The first kappa shape index (κ1) is 31.1. The highest BCUT2D eigenvalue weighted by molar-refractivity contribution is 6.30. The van der Waals surface area contributed by atoms with Gasteiger partial charge in [-0.05, 0) is 47.5 Å². The number of rotatable bonds is 14. The summed E-state index contributed by atoms with van der Waals surface area (Å²) in [5.41, 5.74) is 8.78. The molecule has 0 amide bonds. The first-order valence-electron chi connectivity index (χ1n) is 14.5. The Bertz CT molecular complexity index is 1400. The van der Waals surface area contributed by atoms with Crippen LogP contribution in [0.2, 0.25) is 10.0 Å². The largest absolute Gasteiger partial charge is 0.378 e. The Labute approximate surface area is 263 Å². The molecule has 5 rings (SSSR count). The standard InChI is InChI=1S/C32H37Cl2N7O2/c33-27-10-6-25(7-11-27)29(24-4-2-1-3-5-24)40-16-18-41(19-17-40)32-38-30(26-8-12-28(34)13-9-26)37-31(39-32)36-15-21-43-23-22-42-20-14-35/h1-13,29H,14-23,35H2,(H,36,37,38,39). The smallest absolute Gasteiger partial charge is 0.230 e. The second-order valence-corrected chi connectivity index (χ2v) is 11.0. The molecule has 2 heterocycles. The minimum atomic E-state index is 0.126. The van der Waals surface area contributed by atoms with Crippen molar-refractivity contribution in [3.63, 3.8) is 0 Å². The van der Waals surface area contributed by atoms with Crippen LogP contribution in [0, 0.1) is 0 Å². The van der Waals surface area contributed by atoms with Crippen molar-refractivity contribution in [2.75, 3.05) is 75.9 Å². The van der Waals surface area contributed by atoms with Gasteiger partial charge in [-0.1, -0.05) is 65.7 Å². The molecule has 9 nitrogen and oxygen atoms in total. The van der Waals surface area contributed by atoms with Crippen molar-refractivity contribution in [2.24, 2.45) is 5.73 Å². The molecule has 1 aromatic heterocycles. The monoisotopic (exact) mass is 621 g/mol. The maximum absolute atomic E-state index is 6.22. The third kappa shape index (κ3) is 8.86. The van der Waals surface area contributed by atoms with Gasteiger partial charge in [-0.25, -0.2) is 0 Å². The van der Waals surface area contributed by atoms with Crippen molar-refractivity contribution >= 4 is 35.1 Å². The summed E-state index contributed by atoms with van der Waals surface area (Å²) in [6.07, 6.45) is 0. The maximum Gasteiger partial charge on any atom is 0.230 e. The second kappa shape index (κ2) is 16.0. The van der Waals surface area contributed by atoms with Crippen molar-refractivity contribution < 1.29 is 9.47 Å². The number of nitrogens with two attached hydrogens (primary N) is 1. The molecule has 0 radical (unpaired) electrons. The highest BCUT2D eigenvalue weighted by atomic mass is 35.5. The van der Waals surface area contributed by atoms with Crippen molar-refractivity contribution in [3.8, 4) is 11.4 Å². The van der Waals surface area contributed by atoms with E-state index in [1.54, 1.807) is 0 Å². The van der Waals surface area contributed by atoms with Crippen LogP contribution in [-0.4, -0.2) is 85.5 Å². The summed E-state index contributed by atoms with van der Waals surface area (Å²) in [5.74, 6) is 1.73. The first-order chi connectivity index (χ1) is 21.1. The van der Waals surface area contributed by atoms with Crippen LogP contribution in [0.15, 0.2) is 78.9 Å². The summed E-state index contributed by atoms with van der Waals surface area (Å²) in [5, 5.41) is 4.70. The van der Waals surface area contributed by atoms with E-state index in [-0.39, 0.29) is 6.04 Å². The molecule has 0 bridgehead atoms. The van der Waals surface area contributed by atoms with Gasteiger partial charge in [0.05, 0.1) is 32.5 Å². The zero-order valence-electron chi connectivity index (χ0n) is 24.0. The molecular weight excluding hydrogens is 585 g/mol. The number of benzene rings is 3. The minimum Gasteiger partial charge on any atom is -0.378 e. The van der Waals surface area contributed by atoms with Gasteiger partial charge in [-0.2, -0.15) is 15.0 Å². The van der Waals surface area contributed by atoms with Gasteiger partial charge < -0.3 is 25.4 Å². The predicted octanol–water partition coefficient (Wildman–Crippen LogP) is 5.16. The maximum atomic E-state index is 6.22. The molecule has 1 aliphatic heterocycles. The molecule has 43 heavy (non-hydrogen) atoms. The molecular formula is C32H37Cl2N7O2. The van der Waals surface area contributed by atoms with E-state index in [9.17, 15) is 0 Å². The Morgan fingerprint density at radius 2 is 1.35 bits per heavy atom. The van der Waals surface area contributed by atoms with E-state index in [0.29, 0.717) is 62.3 Å². The third-order valence-corrected chi connectivity index (χ3v) is 7.66. The Morgan fingerprint density at radius 1 is 0.721 bits per heavy atom. The van der Waals surface area contributed by atoms with E-state index >= 15 is 0 Å². The van der Waals surface area contributed by atoms with Crippen LogP contribution in [0.1, 0.15) is 17.2 Å². The zero-order chi connectivity index (χ0) is 29.9. The number of piperazine rings is 1. The summed E-state index contributed by atoms with van der Waals surface area (Å²) < 4.78 is 11.0. The van der Waals surface area contributed by atoms with Crippen LogP contribution < -0.4 is 16.0 Å². The molecule has 0 saturated carbocycles. The Morgan fingerprint density at radius 3 is 2.02 bits per heavy atom. The van der Waals surface area contributed by atoms with Gasteiger partial charge >= 0.3 is 0 Å². The molecule has 3 N–H and O–H groups in total. The van der Waals surface area contributed by atoms with E-state index in [4.69, 9.17) is 53.4 Å². The number of nitrogens with one attached hydrogen (secondary N) is 1. The third-order valence-electron chi connectivity index (χ3n) is 7.15. The molecule has 0 spiro atoms. The zero-order valence-corrected chi connectivity index (χ0v) is 25.6. The number of hydrogen-bond acceptors (Lipinski definition) is 9. The second-order valence-electron chi connectivity index (χ2n) is 10.1. The number of hydrogen-bond donors (Lipinski definition) is 2. The number of nitrogens with zero attached hydrogens (tertiary/aromatic N) is 5. The van der Waals surface area contributed by atoms with Gasteiger partial charge in [-0.15, -0.1) is 0 Å². The molecule has 1 atom stereocenters. The van der Waals surface area contributed by atoms with Crippen LogP contribution >= 0.6 is 23.2 Å². The van der Waals surface area contributed by atoms with Crippen LogP contribution in [0.4, 0.5) is 11.9 Å². The van der Waals surface area contributed by atoms with Crippen molar-refractivity contribution in [1.29, 1.82) is 0 Å². The Balaban J connectivity index is 1.29. The lowest BCUT2D eigenvalue weighted by Gasteiger charge is -2.39. The van der Waals surface area contributed by atoms with Gasteiger partial charge in [0.25, 0.3) is 0 Å². The van der Waals surface area contributed by atoms with E-state index in [1.165, 1.54) is 11.1 Å². The molecule has 4 aromatic rings. The normalized spacial score (nSPS) is 14.5. The minimum absolute atomic E-state index is 0.126. The summed E-state index contributed by atoms with van der Waals surface area (Å²) >= 11 is 12.4. The van der Waals surface area contributed by atoms with Gasteiger partial charge in [0, 0.05) is 54.9 Å². The molecule has 0 aliphatic carbocycles. The van der Waals surface area contributed by atoms with E-state index in [2.05, 4.69) is 57.6 Å². The molecule has 226 valence electrons. The number of halogens is 2. The highest BCUT2D eigenvalue weighted by Crippen LogP contribution is 2.31. The summed E-state index contributed by atoms with van der Waals surface area (Å²) in [7, 11) is 0. The number of ether oxygens (including phenoxy) is 2. The van der Waals surface area contributed by atoms with Gasteiger partial charge in [0.2, 0.25) is 11.9 Å². The molecule has 3 aromatic carbocycles. The summed E-state index contributed by atoms with van der Waals surface area (Å²) in [6.45, 7) is 6.32.